The molecule has 0 aliphatic heterocycles. The average Bonchev–Trinajstić information content (AvgIpc) is 2.32. The highest BCUT2D eigenvalue weighted by molar-refractivity contribution is 5.26. The molecule has 1 heteroatoms. The van der Waals surface area contributed by atoms with Crippen LogP contribution in [0.4, 0.5) is 0 Å². The summed E-state index contributed by atoms with van der Waals surface area (Å²) in [6.07, 6.45) is 6.47. The van der Waals surface area contributed by atoms with Gasteiger partial charge in [0, 0.05) is 6.04 Å². The maximum atomic E-state index is 6.41. The number of hydrogen-bond donors (Lipinski definition) is 1. The first-order valence-electron chi connectivity index (χ1n) is 6.97. The molecule has 0 radical (unpaired) electrons. The molecule has 3 atom stereocenters. The van der Waals surface area contributed by atoms with E-state index in [1.54, 1.807) is 0 Å². The molecule has 0 saturated heterocycles. The van der Waals surface area contributed by atoms with Crippen molar-refractivity contribution < 1.29 is 0 Å². The topological polar surface area (TPSA) is 26.0 Å². The zero-order chi connectivity index (χ0) is 12.3. The third-order valence-corrected chi connectivity index (χ3v) is 4.30. The van der Waals surface area contributed by atoms with Crippen molar-refractivity contribution in [3.8, 4) is 0 Å². The molecular weight excluding hydrogens is 206 g/mol. The lowest BCUT2D eigenvalue weighted by molar-refractivity contribution is 0.245. The minimum Gasteiger partial charge on any atom is -0.327 e. The highest BCUT2D eigenvalue weighted by Crippen LogP contribution is 2.31. The van der Waals surface area contributed by atoms with Gasteiger partial charge in [0.1, 0.15) is 0 Å². The number of hydrogen-bond acceptors (Lipinski definition) is 1. The van der Waals surface area contributed by atoms with Crippen molar-refractivity contribution >= 4 is 0 Å². The summed E-state index contributed by atoms with van der Waals surface area (Å²) >= 11 is 0. The fourth-order valence-corrected chi connectivity index (χ4v) is 3.13. The van der Waals surface area contributed by atoms with Crippen LogP contribution in [0.5, 0.6) is 0 Å². The Morgan fingerprint density at radius 2 is 2.06 bits per heavy atom. The van der Waals surface area contributed by atoms with Gasteiger partial charge in [-0.1, -0.05) is 44.0 Å². The predicted molar refractivity (Wildman–Crippen MR) is 74.0 cm³/mol. The molecule has 3 unspecified atom stereocenters. The van der Waals surface area contributed by atoms with Gasteiger partial charge < -0.3 is 5.73 Å². The van der Waals surface area contributed by atoms with E-state index in [-0.39, 0.29) is 0 Å². The third-order valence-electron chi connectivity index (χ3n) is 4.30. The van der Waals surface area contributed by atoms with Crippen LogP contribution in [0.3, 0.4) is 0 Å². The Balaban J connectivity index is 1.96. The Labute approximate surface area is 105 Å². The van der Waals surface area contributed by atoms with Crippen molar-refractivity contribution in [2.24, 2.45) is 17.6 Å². The standard InChI is InChI=1S/C16H25N/c1-12-6-5-9-15(10-12)16(17)11-14-8-4-3-7-13(14)2/h3-4,7-8,12,15-16H,5-6,9-11,17H2,1-2H3. The van der Waals surface area contributed by atoms with Gasteiger partial charge in [0.15, 0.2) is 0 Å². The van der Waals surface area contributed by atoms with Crippen LogP contribution in [0.1, 0.15) is 43.7 Å². The van der Waals surface area contributed by atoms with E-state index >= 15 is 0 Å². The maximum Gasteiger partial charge on any atom is 0.0108 e. The van der Waals surface area contributed by atoms with Crippen LogP contribution in [0, 0.1) is 18.8 Å². The van der Waals surface area contributed by atoms with Gasteiger partial charge in [0.2, 0.25) is 0 Å². The summed E-state index contributed by atoms with van der Waals surface area (Å²) in [5, 5.41) is 0. The molecule has 94 valence electrons. The van der Waals surface area contributed by atoms with E-state index in [0.717, 1.165) is 18.3 Å². The van der Waals surface area contributed by atoms with Crippen molar-refractivity contribution in [2.75, 3.05) is 0 Å². The summed E-state index contributed by atoms with van der Waals surface area (Å²) in [6.45, 7) is 4.55. The molecule has 1 nitrogen and oxygen atoms in total. The summed E-state index contributed by atoms with van der Waals surface area (Å²) < 4.78 is 0. The lowest BCUT2D eigenvalue weighted by Gasteiger charge is -2.31. The highest BCUT2D eigenvalue weighted by Gasteiger charge is 2.24. The molecule has 1 aliphatic rings. The maximum absolute atomic E-state index is 6.41. The second-order valence-corrected chi connectivity index (χ2v) is 5.83. The zero-order valence-corrected chi connectivity index (χ0v) is 11.2. The molecule has 0 heterocycles. The number of nitrogens with two attached hydrogens (primary N) is 1. The van der Waals surface area contributed by atoms with Crippen LogP contribution in [-0.4, -0.2) is 6.04 Å². The molecule has 1 aromatic rings. The van der Waals surface area contributed by atoms with Crippen LogP contribution in [0.15, 0.2) is 24.3 Å². The Morgan fingerprint density at radius 1 is 1.29 bits per heavy atom. The van der Waals surface area contributed by atoms with Crippen molar-refractivity contribution in [3.63, 3.8) is 0 Å². The zero-order valence-electron chi connectivity index (χ0n) is 11.2. The Hall–Kier alpha value is -0.820. The number of benzene rings is 1. The lowest BCUT2D eigenvalue weighted by Crippen LogP contribution is -2.35. The minimum atomic E-state index is 0.346. The summed E-state index contributed by atoms with van der Waals surface area (Å²) in [6, 6.07) is 8.98. The van der Waals surface area contributed by atoms with Crippen molar-refractivity contribution in [1.29, 1.82) is 0 Å². The minimum absolute atomic E-state index is 0.346. The normalized spacial score (nSPS) is 26.8. The van der Waals surface area contributed by atoms with E-state index in [1.807, 2.05) is 0 Å². The van der Waals surface area contributed by atoms with Gasteiger partial charge in [-0.05, 0) is 49.1 Å². The average molecular weight is 231 g/mol. The molecule has 1 aliphatic carbocycles. The fraction of sp³-hybridized carbons (Fsp3) is 0.625. The van der Waals surface area contributed by atoms with Gasteiger partial charge in [0.05, 0.1) is 0 Å². The van der Waals surface area contributed by atoms with Gasteiger partial charge in [-0.2, -0.15) is 0 Å². The number of aryl methyl sites for hydroxylation is 1. The third kappa shape index (κ3) is 3.32. The van der Waals surface area contributed by atoms with Crippen molar-refractivity contribution in [2.45, 2.75) is 52.0 Å². The largest absolute Gasteiger partial charge is 0.327 e. The van der Waals surface area contributed by atoms with E-state index in [1.165, 1.54) is 36.8 Å². The van der Waals surface area contributed by atoms with Gasteiger partial charge in [-0.25, -0.2) is 0 Å². The second kappa shape index (κ2) is 5.68. The quantitative estimate of drug-likeness (QED) is 0.843. The first kappa shape index (κ1) is 12.6. The molecule has 0 aromatic heterocycles. The Kier molecular flexibility index (Phi) is 4.22. The highest BCUT2D eigenvalue weighted by atomic mass is 14.7. The van der Waals surface area contributed by atoms with Crippen molar-refractivity contribution in [3.05, 3.63) is 35.4 Å². The first-order valence-corrected chi connectivity index (χ1v) is 6.97. The summed E-state index contributed by atoms with van der Waals surface area (Å²) in [4.78, 5) is 0. The van der Waals surface area contributed by atoms with E-state index in [0.29, 0.717) is 6.04 Å². The molecule has 0 amide bonds. The number of rotatable bonds is 3. The molecule has 0 bridgehead atoms. The molecule has 2 N–H and O–H groups in total. The smallest absolute Gasteiger partial charge is 0.0108 e. The lowest BCUT2D eigenvalue weighted by atomic mass is 9.77. The van der Waals surface area contributed by atoms with Gasteiger partial charge in [0.25, 0.3) is 0 Å². The van der Waals surface area contributed by atoms with E-state index in [4.69, 9.17) is 5.73 Å². The summed E-state index contributed by atoms with van der Waals surface area (Å²) in [7, 11) is 0. The predicted octanol–water partition coefficient (Wildman–Crippen LogP) is 3.69. The molecular formula is C16H25N. The van der Waals surface area contributed by atoms with Crippen LogP contribution in [0.25, 0.3) is 0 Å². The van der Waals surface area contributed by atoms with Gasteiger partial charge in [-0.3, -0.25) is 0 Å². The molecule has 0 spiro atoms. The monoisotopic (exact) mass is 231 g/mol. The SMILES string of the molecule is Cc1ccccc1CC(N)C1CCCC(C)C1. The summed E-state index contributed by atoms with van der Waals surface area (Å²) in [5.74, 6) is 1.61. The van der Waals surface area contributed by atoms with E-state index in [9.17, 15) is 0 Å². The Bertz CT molecular complexity index is 358. The van der Waals surface area contributed by atoms with Crippen LogP contribution < -0.4 is 5.73 Å². The van der Waals surface area contributed by atoms with E-state index in [2.05, 4.69) is 38.1 Å². The first-order chi connectivity index (χ1) is 8.16. The van der Waals surface area contributed by atoms with Crippen LogP contribution in [-0.2, 0) is 6.42 Å². The van der Waals surface area contributed by atoms with Gasteiger partial charge in [-0.15, -0.1) is 0 Å². The van der Waals surface area contributed by atoms with E-state index < -0.39 is 0 Å². The van der Waals surface area contributed by atoms with Crippen molar-refractivity contribution in [1.82, 2.24) is 0 Å². The summed E-state index contributed by atoms with van der Waals surface area (Å²) in [5.41, 5.74) is 9.22. The Morgan fingerprint density at radius 3 is 2.76 bits per heavy atom. The molecule has 1 aromatic carbocycles. The van der Waals surface area contributed by atoms with Crippen LogP contribution >= 0.6 is 0 Å². The van der Waals surface area contributed by atoms with Gasteiger partial charge >= 0.3 is 0 Å². The molecule has 17 heavy (non-hydrogen) atoms. The fourth-order valence-electron chi connectivity index (χ4n) is 3.13. The second-order valence-electron chi connectivity index (χ2n) is 5.83. The molecule has 1 saturated carbocycles. The molecule has 1 fully saturated rings. The van der Waals surface area contributed by atoms with Crippen LogP contribution in [0.2, 0.25) is 0 Å². The molecule has 2 rings (SSSR count).